The summed E-state index contributed by atoms with van der Waals surface area (Å²) in [7, 11) is 0. The quantitative estimate of drug-likeness (QED) is 0.414. The SMILES string of the molecule is N#C/C(=C\c1ccc(-c2ccc(Cl)c(Cl)c2)o1)C(=O)Nc1cccc(C(=O)O)c1. The molecule has 0 saturated heterocycles. The fourth-order valence-electron chi connectivity index (χ4n) is 2.45. The highest BCUT2D eigenvalue weighted by Gasteiger charge is 2.13. The van der Waals surface area contributed by atoms with Crippen LogP contribution in [-0.4, -0.2) is 17.0 Å². The Hall–Kier alpha value is -3.53. The molecule has 2 aromatic carbocycles. The van der Waals surface area contributed by atoms with Gasteiger partial charge >= 0.3 is 5.97 Å². The predicted octanol–water partition coefficient (Wildman–Crippen LogP) is 5.50. The maximum Gasteiger partial charge on any atom is 0.335 e. The summed E-state index contributed by atoms with van der Waals surface area (Å²) < 4.78 is 5.66. The smallest absolute Gasteiger partial charge is 0.335 e. The molecule has 29 heavy (non-hydrogen) atoms. The monoisotopic (exact) mass is 426 g/mol. The van der Waals surface area contributed by atoms with Crippen molar-refractivity contribution in [1.29, 1.82) is 5.26 Å². The molecule has 0 unspecified atom stereocenters. The van der Waals surface area contributed by atoms with E-state index < -0.39 is 11.9 Å². The number of nitrogens with zero attached hydrogens (tertiary/aromatic N) is 1. The minimum atomic E-state index is -1.12. The minimum Gasteiger partial charge on any atom is -0.478 e. The lowest BCUT2D eigenvalue weighted by Crippen LogP contribution is -2.13. The molecule has 8 heteroatoms. The second kappa shape index (κ2) is 8.65. The fraction of sp³-hybridized carbons (Fsp3) is 0. The topological polar surface area (TPSA) is 103 Å². The third kappa shape index (κ3) is 4.85. The van der Waals surface area contributed by atoms with E-state index in [9.17, 15) is 14.9 Å². The Balaban J connectivity index is 1.81. The Morgan fingerprint density at radius 3 is 2.55 bits per heavy atom. The Morgan fingerprint density at radius 1 is 1.07 bits per heavy atom. The van der Waals surface area contributed by atoms with Crippen LogP contribution in [0.2, 0.25) is 10.0 Å². The first-order chi connectivity index (χ1) is 13.9. The van der Waals surface area contributed by atoms with Gasteiger partial charge < -0.3 is 14.8 Å². The molecule has 2 N–H and O–H groups in total. The summed E-state index contributed by atoms with van der Waals surface area (Å²) in [5, 5.41) is 21.6. The van der Waals surface area contributed by atoms with Crippen LogP contribution in [0, 0.1) is 11.3 Å². The van der Waals surface area contributed by atoms with Crippen molar-refractivity contribution in [2.24, 2.45) is 0 Å². The Morgan fingerprint density at radius 2 is 1.86 bits per heavy atom. The molecule has 144 valence electrons. The Kier molecular flexibility index (Phi) is 6.03. The summed E-state index contributed by atoms with van der Waals surface area (Å²) in [5.41, 5.74) is 0.753. The molecule has 1 aromatic heterocycles. The Labute approximate surface area is 175 Å². The average Bonchev–Trinajstić information content (AvgIpc) is 3.17. The number of carbonyl (C=O) groups is 2. The fourth-order valence-corrected chi connectivity index (χ4v) is 2.75. The number of anilines is 1. The average molecular weight is 427 g/mol. The summed E-state index contributed by atoms with van der Waals surface area (Å²) in [6.45, 7) is 0. The zero-order valence-corrected chi connectivity index (χ0v) is 16.2. The Bertz CT molecular complexity index is 1180. The van der Waals surface area contributed by atoms with Gasteiger partial charge in [0.15, 0.2) is 0 Å². The molecular formula is C21H12Cl2N2O4. The molecule has 0 bridgehead atoms. The highest BCUT2D eigenvalue weighted by Crippen LogP contribution is 2.30. The molecule has 1 heterocycles. The molecule has 3 aromatic rings. The number of amides is 1. The molecule has 0 aliphatic heterocycles. The van der Waals surface area contributed by atoms with Gasteiger partial charge in [0, 0.05) is 17.3 Å². The van der Waals surface area contributed by atoms with Gasteiger partial charge in [-0.1, -0.05) is 29.3 Å². The number of carbonyl (C=O) groups excluding carboxylic acids is 1. The van der Waals surface area contributed by atoms with Crippen LogP contribution in [0.25, 0.3) is 17.4 Å². The summed E-state index contributed by atoms with van der Waals surface area (Å²) in [5.74, 6) is -1.04. The van der Waals surface area contributed by atoms with Crippen LogP contribution >= 0.6 is 23.2 Å². The maximum absolute atomic E-state index is 12.4. The van der Waals surface area contributed by atoms with Gasteiger partial charge in [-0.15, -0.1) is 0 Å². The van der Waals surface area contributed by atoms with E-state index >= 15 is 0 Å². The van der Waals surface area contributed by atoms with Crippen LogP contribution in [0.15, 0.2) is 64.6 Å². The largest absolute Gasteiger partial charge is 0.478 e. The van der Waals surface area contributed by atoms with E-state index in [4.69, 9.17) is 32.7 Å². The van der Waals surface area contributed by atoms with Crippen molar-refractivity contribution >= 4 is 46.8 Å². The van der Waals surface area contributed by atoms with Crippen LogP contribution < -0.4 is 5.32 Å². The number of benzene rings is 2. The number of nitrogens with one attached hydrogen (secondary N) is 1. The summed E-state index contributed by atoms with van der Waals surface area (Å²) in [6, 6.07) is 15.8. The second-order valence-electron chi connectivity index (χ2n) is 5.84. The summed E-state index contributed by atoms with van der Waals surface area (Å²) >= 11 is 11.9. The molecule has 0 aliphatic rings. The number of carboxylic acid groups (broad SMARTS) is 1. The number of aromatic carboxylic acids is 1. The van der Waals surface area contributed by atoms with Gasteiger partial charge in [0.05, 0.1) is 15.6 Å². The normalized spacial score (nSPS) is 11.0. The maximum atomic E-state index is 12.4. The standard InChI is InChI=1S/C21H12Cl2N2O4/c22-17-6-4-12(10-18(17)23)19-7-5-16(29-19)9-14(11-24)20(26)25-15-3-1-2-13(8-15)21(27)28/h1-10H,(H,25,26)(H,27,28)/b14-9+. The molecule has 0 atom stereocenters. The third-order valence-electron chi connectivity index (χ3n) is 3.85. The first-order valence-electron chi connectivity index (χ1n) is 8.19. The molecule has 0 aliphatic carbocycles. The van der Waals surface area contributed by atoms with E-state index in [-0.39, 0.29) is 22.6 Å². The lowest BCUT2D eigenvalue weighted by atomic mass is 10.2. The van der Waals surface area contributed by atoms with Gasteiger partial charge in [0.2, 0.25) is 0 Å². The van der Waals surface area contributed by atoms with Crippen LogP contribution in [-0.2, 0) is 4.79 Å². The van der Waals surface area contributed by atoms with E-state index in [0.717, 1.165) is 0 Å². The zero-order chi connectivity index (χ0) is 21.0. The highest BCUT2D eigenvalue weighted by atomic mass is 35.5. The van der Waals surface area contributed by atoms with Gasteiger partial charge in [-0.3, -0.25) is 4.79 Å². The first kappa shape index (κ1) is 20.2. The molecule has 3 rings (SSSR count). The number of nitriles is 1. The number of hydrogen-bond donors (Lipinski definition) is 2. The number of hydrogen-bond acceptors (Lipinski definition) is 4. The number of rotatable bonds is 5. The number of halogens is 2. The van der Waals surface area contributed by atoms with E-state index in [0.29, 0.717) is 21.4 Å². The van der Waals surface area contributed by atoms with Crippen molar-refractivity contribution in [3.63, 3.8) is 0 Å². The van der Waals surface area contributed by atoms with Gasteiger partial charge in [0.25, 0.3) is 5.91 Å². The number of carboxylic acids is 1. The minimum absolute atomic E-state index is 0.0163. The van der Waals surface area contributed by atoms with Crippen LogP contribution in [0.4, 0.5) is 5.69 Å². The van der Waals surface area contributed by atoms with Crippen LogP contribution in [0.5, 0.6) is 0 Å². The molecule has 6 nitrogen and oxygen atoms in total. The number of furan rings is 1. The molecule has 0 spiro atoms. The van der Waals surface area contributed by atoms with Crippen molar-refractivity contribution in [3.8, 4) is 17.4 Å². The van der Waals surface area contributed by atoms with Crippen molar-refractivity contribution in [2.45, 2.75) is 0 Å². The lowest BCUT2D eigenvalue weighted by molar-refractivity contribution is -0.112. The van der Waals surface area contributed by atoms with Gasteiger partial charge in [-0.25, -0.2) is 4.79 Å². The molecule has 0 radical (unpaired) electrons. The van der Waals surface area contributed by atoms with E-state index in [1.165, 1.54) is 30.3 Å². The van der Waals surface area contributed by atoms with Gasteiger partial charge in [-0.05, 0) is 48.5 Å². The van der Waals surface area contributed by atoms with E-state index in [1.807, 2.05) is 6.07 Å². The van der Waals surface area contributed by atoms with E-state index in [2.05, 4.69) is 5.32 Å². The van der Waals surface area contributed by atoms with Crippen molar-refractivity contribution in [2.75, 3.05) is 5.32 Å². The van der Waals surface area contributed by atoms with Gasteiger partial charge in [0.1, 0.15) is 23.2 Å². The van der Waals surface area contributed by atoms with Gasteiger partial charge in [-0.2, -0.15) is 5.26 Å². The third-order valence-corrected chi connectivity index (χ3v) is 4.59. The second-order valence-corrected chi connectivity index (χ2v) is 6.66. The molecular weight excluding hydrogens is 415 g/mol. The van der Waals surface area contributed by atoms with Crippen LogP contribution in [0.1, 0.15) is 16.1 Å². The molecule has 0 fully saturated rings. The van der Waals surface area contributed by atoms with Crippen molar-refractivity contribution < 1.29 is 19.1 Å². The van der Waals surface area contributed by atoms with Crippen molar-refractivity contribution in [3.05, 3.63) is 81.5 Å². The predicted molar refractivity (Wildman–Crippen MR) is 110 cm³/mol. The first-order valence-corrected chi connectivity index (χ1v) is 8.95. The lowest BCUT2D eigenvalue weighted by Gasteiger charge is -2.05. The van der Waals surface area contributed by atoms with Crippen LogP contribution in [0.3, 0.4) is 0 Å². The summed E-state index contributed by atoms with van der Waals surface area (Å²) in [6.07, 6.45) is 1.29. The summed E-state index contributed by atoms with van der Waals surface area (Å²) in [4.78, 5) is 23.4. The van der Waals surface area contributed by atoms with E-state index in [1.54, 1.807) is 30.3 Å². The molecule has 0 saturated carbocycles. The zero-order valence-electron chi connectivity index (χ0n) is 14.6. The highest BCUT2D eigenvalue weighted by molar-refractivity contribution is 6.42. The molecule has 1 amide bonds. The van der Waals surface area contributed by atoms with Crippen molar-refractivity contribution in [1.82, 2.24) is 0 Å².